The number of nitrogens with zero attached hydrogens (tertiary/aromatic N) is 3. The van der Waals surface area contributed by atoms with E-state index in [0.29, 0.717) is 5.65 Å². The zero-order chi connectivity index (χ0) is 16.8. The number of H-pyrrole nitrogens is 1. The second kappa shape index (κ2) is 15.7. The molecule has 2 rings (SSSR count). The summed E-state index contributed by atoms with van der Waals surface area (Å²) in [6.07, 6.45) is 2.05. The van der Waals surface area contributed by atoms with Gasteiger partial charge in [0.05, 0.1) is 18.5 Å². The van der Waals surface area contributed by atoms with E-state index in [2.05, 4.69) is 19.9 Å². The molecule has 0 amide bonds. The Bertz CT molecular complexity index is 651. The van der Waals surface area contributed by atoms with Crippen LogP contribution in [0.1, 0.15) is 12.8 Å². The SMILES string of the molecule is O=C([O-])CC(O)(CC(=O)[O-])C(=O)[O-].[K+].[K+].[K+].c1ncc2[nH]cnc2n1. The summed E-state index contributed by atoms with van der Waals surface area (Å²) in [6.45, 7) is 0. The van der Waals surface area contributed by atoms with Crippen LogP contribution in [0.15, 0.2) is 18.9 Å². The summed E-state index contributed by atoms with van der Waals surface area (Å²) in [5, 5.41) is 38.9. The topological polar surface area (TPSA) is 195 Å². The van der Waals surface area contributed by atoms with Crippen LogP contribution in [0.25, 0.3) is 11.2 Å². The van der Waals surface area contributed by atoms with Crippen LogP contribution in [0.4, 0.5) is 0 Å². The van der Waals surface area contributed by atoms with Gasteiger partial charge in [0, 0.05) is 24.8 Å². The number of carbonyl (C=O) groups is 3. The van der Waals surface area contributed by atoms with Crippen molar-refractivity contribution in [2.24, 2.45) is 0 Å². The molecule has 2 aromatic heterocycles. The fourth-order valence-corrected chi connectivity index (χ4v) is 1.38. The smallest absolute Gasteiger partial charge is 0.550 e. The van der Waals surface area contributed by atoms with Crippen LogP contribution in [-0.2, 0) is 14.4 Å². The molecule has 0 aliphatic carbocycles. The summed E-state index contributed by atoms with van der Waals surface area (Å²) in [7, 11) is 0. The van der Waals surface area contributed by atoms with Gasteiger partial charge in [-0.3, -0.25) is 0 Å². The van der Waals surface area contributed by atoms with E-state index in [4.69, 9.17) is 5.11 Å². The first-order chi connectivity index (χ1) is 10.2. The van der Waals surface area contributed by atoms with Crippen LogP contribution in [0.2, 0.25) is 0 Å². The van der Waals surface area contributed by atoms with E-state index < -0.39 is 36.4 Å². The van der Waals surface area contributed by atoms with Crippen molar-refractivity contribution in [3.63, 3.8) is 0 Å². The Morgan fingerprint density at radius 1 is 1.04 bits per heavy atom. The molecule has 118 valence electrons. The van der Waals surface area contributed by atoms with E-state index in [1.165, 1.54) is 6.33 Å². The maximum absolute atomic E-state index is 10.1. The number of hydrogen-bond donors (Lipinski definition) is 2. The molecular weight excluding hydrogens is 417 g/mol. The van der Waals surface area contributed by atoms with Crippen molar-refractivity contribution >= 4 is 29.1 Å². The van der Waals surface area contributed by atoms with Gasteiger partial charge in [0.1, 0.15) is 17.4 Å². The molecule has 0 saturated heterocycles. The normalized spacial score (nSPS) is 9.32. The Hall–Kier alpha value is 1.83. The monoisotopic (exact) mass is 426 g/mol. The largest absolute Gasteiger partial charge is 1.00 e. The van der Waals surface area contributed by atoms with E-state index in [-0.39, 0.29) is 154 Å². The van der Waals surface area contributed by atoms with E-state index in [9.17, 15) is 29.7 Å². The minimum atomic E-state index is -2.97. The maximum atomic E-state index is 10.1. The molecule has 11 nitrogen and oxygen atoms in total. The first-order valence-electron chi connectivity index (χ1n) is 5.67. The van der Waals surface area contributed by atoms with Crippen molar-refractivity contribution in [2.75, 3.05) is 0 Å². The number of carbonyl (C=O) groups excluding carboxylic acids is 3. The number of imidazole rings is 1. The average Bonchev–Trinajstić information content (AvgIpc) is 2.85. The van der Waals surface area contributed by atoms with Crippen molar-refractivity contribution in [3.05, 3.63) is 18.9 Å². The maximum Gasteiger partial charge on any atom is 1.00 e. The van der Waals surface area contributed by atoms with Crippen LogP contribution >= 0.6 is 0 Å². The summed E-state index contributed by atoms with van der Waals surface area (Å²) < 4.78 is 0. The van der Waals surface area contributed by atoms with Crippen molar-refractivity contribution in [3.8, 4) is 0 Å². The number of carboxylic acids is 3. The molecule has 0 atom stereocenters. The van der Waals surface area contributed by atoms with Crippen LogP contribution in [0.3, 0.4) is 0 Å². The molecule has 25 heavy (non-hydrogen) atoms. The summed E-state index contributed by atoms with van der Waals surface area (Å²) in [6, 6.07) is 0. The molecule has 14 heteroatoms. The first-order valence-corrected chi connectivity index (χ1v) is 5.67. The fraction of sp³-hybridized carbons (Fsp3) is 0.273. The zero-order valence-electron chi connectivity index (χ0n) is 13.9. The van der Waals surface area contributed by atoms with E-state index >= 15 is 0 Å². The van der Waals surface area contributed by atoms with Gasteiger partial charge in [-0.05, 0) is 0 Å². The van der Waals surface area contributed by atoms with Crippen molar-refractivity contribution in [1.82, 2.24) is 19.9 Å². The van der Waals surface area contributed by atoms with E-state index in [0.717, 1.165) is 5.52 Å². The molecule has 0 bridgehead atoms. The van der Waals surface area contributed by atoms with Gasteiger partial charge in [-0.1, -0.05) is 0 Å². The van der Waals surface area contributed by atoms with E-state index in [1.807, 2.05) is 0 Å². The van der Waals surface area contributed by atoms with Crippen molar-refractivity contribution in [2.45, 2.75) is 18.4 Å². The minimum Gasteiger partial charge on any atom is -0.550 e. The van der Waals surface area contributed by atoms with Gasteiger partial charge >= 0.3 is 154 Å². The third kappa shape index (κ3) is 12.1. The first kappa shape index (κ1) is 31.5. The Balaban J connectivity index is -0.000000357. The van der Waals surface area contributed by atoms with Gasteiger partial charge < -0.3 is 39.8 Å². The van der Waals surface area contributed by atoms with Gasteiger partial charge in [-0.15, -0.1) is 0 Å². The molecule has 0 saturated carbocycles. The Morgan fingerprint density at radius 3 is 1.96 bits per heavy atom. The number of aromatic amines is 1. The predicted octanol–water partition coefficient (Wildman–Crippen LogP) is -13.9. The molecule has 0 spiro atoms. The molecule has 0 unspecified atom stereocenters. The molecule has 2 heterocycles. The second-order valence-electron chi connectivity index (χ2n) is 4.08. The number of carboxylic acid groups (broad SMARTS) is 3. The van der Waals surface area contributed by atoms with E-state index in [1.54, 1.807) is 12.5 Å². The summed E-state index contributed by atoms with van der Waals surface area (Å²) in [4.78, 5) is 44.5. The molecule has 0 aliphatic heterocycles. The minimum absolute atomic E-state index is 0. The molecule has 0 fully saturated rings. The van der Waals surface area contributed by atoms with Crippen LogP contribution < -0.4 is 169 Å². The van der Waals surface area contributed by atoms with Crippen LogP contribution in [-0.4, -0.2) is 48.6 Å². The quantitative estimate of drug-likeness (QED) is 0.433. The summed E-state index contributed by atoms with van der Waals surface area (Å²) in [5.41, 5.74) is -1.39. The molecule has 0 aliphatic rings. The van der Waals surface area contributed by atoms with Gasteiger partial charge in [0.2, 0.25) is 0 Å². The number of nitrogens with one attached hydrogen (secondary N) is 1. The van der Waals surface area contributed by atoms with Crippen LogP contribution in [0, 0.1) is 0 Å². The van der Waals surface area contributed by atoms with Gasteiger partial charge in [-0.25, -0.2) is 15.0 Å². The Morgan fingerprint density at radius 2 is 1.56 bits per heavy atom. The number of fused-ring (bicyclic) bond motifs is 1. The van der Waals surface area contributed by atoms with Gasteiger partial charge in [-0.2, -0.15) is 0 Å². The third-order valence-electron chi connectivity index (χ3n) is 2.35. The number of aliphatic carboxylic acids is 3. The number of aliphatic hydroxyl groups is 1. The number of hydrogen-bond acceptors (Lipinski definition) is 10. The third-order valence-corrected chi connectivity index (χ3v) is 2.35. The van der Waals surface area contributed by atoms with Gasteiger partial charge in [0.15, 0.2) is 5.65 Å². The molecule has 0 aromatic carbocycles. The number of aromatic nitrogens is 4. The zero-order valence-corrected chi connectivity index (χ0v) is 23.3. The Kier molecular flexibility index (Phi) is 19.8. The summed E-state index contributed by atoms with van der Waals surface area (Å²) in [5.74, 6) is -5.98. The second-order valence-corrected chi connectivity index (χ2v) is 4.08. The van der Waals surface area contributed by atoms with Crippen molar-refractivity contribution < 1.29 is 189 Å². The average molecular weight is 427 g/mol. The molecular formula is C11H9K3N4O7. The predicted molar refractivity (Wildman–Crippen MR) is 60.9 cm³/mol. The standard InChI is InChI=1S/C6H8O7.C5H4N4.3K/c7-3(8)1-6(13,5(11)12)2-4(9)10;1-4-5(8-2-6-1)9-3-7-4;;;/h13H,1-2H2,(H,7,8)(H,9,10)(H,11,12);1-3H,(H,6,7,8,9);;;/q;;3*+1/p-3. The molecule has 2 aromatic rings. The van der Waals surface area contributed by atoms with Crippen molar-refractivity contribution in [1.29, 1.82) is 0 Å². The fourth-order valence-electron chi connectivity index (χ4n) is 1.38. The van der Waals surface area contributed by atoms with Gasteiger partial charge in [0.25, 0.3) is 0 Å². The van der Waals surface area contributed by atoms with Crippen LogP contribution in [0.5, 0.6) is 0 Å². The molecule has 2 N–H and O–H groups in total. The number of rotatable bonds is 5. The summed E-state index contributed by atoms with van der Waals surface area (Å²) >= 11 is 0. The molecule has 0 radical (unpaired) electrons. The Labute approximate surface area is 269 Å².